The molecule has 0 radical (unpaired) electrons. The standard InChI is InChI=1S/C18H24N4O3/c1-2-21(14-16-4-3-9-25-16)18(23)20-13-15-5-6-19-17(12-15)22-7-10-24-11-8-22/h3-6,9,12H,2,7-8,10-11,13-14H2,1H3,(H,20,23). The third-order valence-corrected chi connectivity index (χ3v) is 4.18. The van der Waals surface area contributed by atoms with Gasteiger partial charge in [0.2, 0.25) is 0 Å². The van der Waals surface area contributed by atoms with Gasteiger partial charge >= 0.3 is 6.03 Å². The summed E-state index contributed by atoms with van der Waals surface area (Å²) in [6, 6.07) is 7.53. The van der Waals surface area contributed by atoms with Crippen LogP contribution in [0.2, 0.25) is 0 Å². The summed E-state index contributed by atoms with van der Waals surface area (Å²) in [6.07, 6.45) is 3.40. The summed E-state index contributed by atoms with van der Waals surface area (Å²) in [7, 11) is 0. The molecule has 0 aromatic carbocycles. The van der Waals surface area contributed by atoms with Gasteiger partial charge in [-0.15, -0.1) is 0 Å². The zero-order chi connectivity index (χ0) is 17.5. The number of nitrogens with zero attached hydrogens (tertiary/aromatic N) is 3. The van der Waals surface area contributed by atoms with Crippen LogP contribution in [0.5, 0.6) is 0 Å². The molecule has 3 rings (SSSR count). The Morgan fingerprint density at radius 1 is 1.36 bits per heavy atom. The highest BCUT2D eigenvalue weighted by Crippen LogP contribution is 2.14. The van der Waals surface area contributed by atoms with Gasteiger partial charge in [-0.1, -0.05) is 0 Å². The first kappa shape index (κ1) is 17.3. The molecule has 1 fully saturated rings. The summed E-state index contributed by atoms with van der Waals surface area (Å²) < 4.78 is 10.7. The van der Waals surface area contributed by atoms with Gasteiger partial charge in [0.05, 0.1) is 26.0 Å². The Bertz CT molecular complexity index is 669. The molecule has 1 aliphatic heterocycles. The normalized spacial score (nSPS) is 14.4. The van der Waals surface area contributed by atoms with Gasteiger partial charge in [-0.3, -0.25) is 0 Å². The fourth-order valence-electron chi connectivity index (χ4n) is 2.74. The van der Waals surface area contributed by atoms with Crippen LogP contribution in [0, 0.1) is 0 Å². The number of carbonyl (C=O) groups is 1. The van der Waals surface area contributed by atoms with Gasteiger partial charge in [0.15, 0.2) is 0 Å². The maximum Gasteiger partial charge on any atom is 0.318 e. The zero-order valence-electron chi connectivity index (χ0n) is 14.5. The van der Waals surface area contributed by atoms with Crippen molar-refractivity contribution < 1.29 is 13.9 Å². The number of aromatic nitrogens is 1. The molecule has 2 aromatic rings. The average molecular weight is 344 g/mol. The summed E-state index contributed by atoms with van der Waals surface area (Å²) >= 11 is 0. The maximum atomic E-state index is 12.4. The van der Waals surface area contributed by atoms with Crippen LogP contribution in [0.3, 0.4) is 0 Å². The van der Waals surface area contributed by atoms with E-state index in [4.69, 9.17) is 9.15 Å². The summed E-state index contributed by atoms with van der Waals surface area (Å²) in [5, 5.41) is 2.97. The molecule has 7 nitrogen and oxygen atoms in total. The van der Waals surface area contributed by atoms with E-state index in [-0.39, 0.29) is 6.03 Å². The molecule has 0 unspecified atom stereocenters. The lowest BCUT2D eigenvalue weighted by molar-refractivity contribution is 0.122. The minimum atomic E-state index is -0.108. The van der Waals surface area contributed by atoms with E-state index in [9.17, 15) is 4.79 Å². The second-order valence-electron chi connectivity index (χ2n) is 5.87. The summed E-state index contributed by atoms with van der Waals surface area (Å²) in [5.74, 6) is 1.70. The molecule has 1 N–H and O–H groups in total. The quantitative estimate of drug-likeness (QED) is 0.870. The van der Waals surface area contributed by atoms with Crippen molar-refractivity contribution in [3.63, 3.8) is 0 Å². The van der Waals surface area contributed by atoms with Crippen molar-refractivity contribution in [1.29, 1.82) is 0 Å². The number of carbonyl (C=O) groups excluding carboxylic acids is 1. The first-order valence-electron chi connectivity index (χ1n) is 8.59. The minimum Gasteiger partial charge on any atom is -0.467 e. The number of anilines is 1. The van der Waals surface area contributed by atoms with Crippen molar-refractivity contribution in [2.75, 3.05) is 37.7 Å². The minimum absolute atomic E-state index is 0.108. The van der Waals surface area contributed by atoms with Gasteiger partial charge in [-0.2, -0.15) is 0 Å². The van der Waals surface area contributed by atoms with Crippen molar-refractivity contribution in [2.24, 2.45) is 0 Å². The molecule has 0 bridgehead atoms. The lowest BCUT2D eigenvalue weighted by Crippen LogP contribution is -2.39. The number of ether oxygens (including phenoxy) is 1. The number of urea groups is 1. The van der Waals surface area contributed by atoms with Gasteiger partial charge in [-0.05, 0) is 36.8 Å². The lowest BCUT2D eigenvalue weighted by Gasteiger charge is -2.28. The number of morpholine rings is 1. The number of pyridine rings is 1. The second kappa shape index (κ2) is 8.53. The van der Waals surface area contributed by atoms with Gasteiger partial charge in [0.1, 0.15) is 11.6 Å². The third-order valence-electron chi connectivity index (χ3n) is 4.18. The molecule has 25 heavy (non-hydrogen) atoms. The highest BCUT2D eigenvalue weighted by atomic mass is 16.5. The largest absolute Gasteiger partial charge is 0.467 e. The van der Waals surface area contributed by atoms with E-state index < -0.39 is 0 Å². The molecule has 0 saturated carbocycles. The van der Waals surface area contributed by atoms with Gasteiger partial charge < -0.3 is 24.3 Å². The smallest absolute Gasteiger partial charge is 0.318 e. The van der Waals surface area contributed by atoms with Gasteiger partial charge in [0.25, 0.3) is 0 Å². The highest BCUT2D eigenvalue weighted by molar-refractivity contribution is 5.74. The Labute approximate surface area is 147 Å². The number of nitrogens with one attached hydrogen (secondary N) is 1. The predicted octanol–water partition coefficient (Wildman–Crippen LogP) is 2.24. The van der Waals surface area contributed by atoms with E-state index >= 15 is 0 Å². The Balaban J connectivity index is 1.55. The van der Waals surface area contributed by atoms with Crippen LogP contribution < -0.4 is 10.2 Å². The van der Waals surface area contributed by atoms with E-state index in [0.29, 0.717) is 19.6 Å². The van der Waals surface area contributed by atoms with E-state index in [1.165, 1.54) is 0 Å². The average Bonchev–Trinajstić information content (AvgIpc) is 3.18. The van der Waals surface area contributed by atoms with E-state index in [1.54, 1.807) is 17.4 Å². The summed E-state index contributed by atoms with van der Waals surface area (Å²) in [5.41, 5.74) is 1.03. The van der Waals surface area contributed by atoms with Crippen molar-refractivity contribution >= 4 is 11.8 Å². The summed E-state index contributed by atoms with van der Waals surface area (Å²) in [4.78, 5) is 20.7. The molecular weight excluding hydrogens is 320 g/mol. The van der Waals surface area contributed by atoms with Crippen LogP contribution >= 0.6 is 0 Å². The van der Waals surface area contributed by atoms with Crippen LogP contribution in [0.1, 0.15) is 18.2 Å². The topological polar surface area (TPSA) is 70.8 Å². The molecule has 3 heterocycles. The molecule has 2 aromatic heterocycles. The molecule has 0 atom stereocenters. The first-order valence-corrected chi connectivity index (χ1v) is 8.59. The molecule has 1 saturated heterocycles. The Kier molecular flexibility index (Phi) is 5.90. The molecular formula is C18H24N4O3. The van der Waals surface area contributed by atoms with Crippen molar-refractivity contribution in [2.45, 2.75) is 20.0 Å². The molecule has 7 heteroatoms. The zero-order valence-corrected chi connectivity index (χ0v) is 14.5. The SMILES string of the molecule is CCN(Cc1ccco1)C(=O)NCc1ccnc(N2CCOCC2)c1. The van der Waals surface area contributed by atoms with E-state index in [2.05, 4.69) is 15.2 Å². The molecule has 0 spiro atoms. The third kappa shape index (κ3) is 4.73. The van der Waals surface area contributed by atoms with Gasteiger partial charge in [-0.25, -0.2) is 9.78 Å². The van der Waals surface area contributed by atoms with Crippen LogP contribution in [0.25, 0.3) is 0 Å². The fraction of sp³-hybridized carbons (Fsp3) is 0.444. The van der Waals surface area contributed by atoms with E-state index in [1.807, 2.05) is 31.2 Å². The van der Waals surface area contributed by atoms with E-state index in [0.717, 1.165) is 43.4 Å². The van der Waals surface area contributed by atoms with Crippen molar-refractivity contribution in [3.8, 4) is 0 Å². The van der Waals surface area contributed by atoms with Gasteiger partial charge in [0, 0.05) is 32.4 Å². The monoisotopic (exact) mass is 344 g/mol. The van der Waals surface area contributed by atoms with Crippen LogP contribution in [0.4, 0.5) is 10.6 Å². The Hall–Kier alpha value is -2.54. The number of furan rings is 1. The Morgan fingerprint density at radius 3 is 2.92 bits per heavy atom. The highest BCUT2D eigenvalue weighted by Gasteiger charge is 2.15. The number of hydrogen-bond donors (Lipinski definition) is 1. The molecule has 134 valence electrons. The fourth-order valence-corrected chi connectivity index (χ4v) is 2.74. The number of hydrogen-bond acceptors (Lipinski definition) is 5. The predicted molar refractivity (Wildman–Crippen MR) is 94.3 cm³/mol. The van der Waals surface area contributed by atoms with Crippen molar-refractivity contribution in [3.05, 3.63) is 48.0 Å². The molecule has 2 amide bonds. The maximum absolute atomic E-state index is 12.4. The van der Waals surface area contributed by atoms with Crippen LogP contribution in [0.15, 0.2) is 41.1 Å². The van der Waals surface area contributed by atoms with Crippen LogP contribution in [-0.2, 0) is 17.8 Å². The Morgan fingerprint density at radius 2 is 2.20 bits per heavy atom. The summed E-state index contributed by atoms with van der Waals surface area (Å²) in [6.45, 7) is 6.62. The van der Waals surface area contributed by atoms with Crippen molar-refractivity contribution in [1.82, 2.24) is 15.2 Å². The number of rotatable bonds is 6. The lowest BCUT2D eigenvalue weighted by atomic mass is 10.2. The first-order chi connectivity index (χ1) is 12.3. The second-order valence-corrected chi connectivity index (χ2v) is 5.87. The van der Waals surface area contributed by atoms with Crippen LogP contribution in [-0.4, -0.2) is 48.8 Å². The number of amides is 2. The molecule has 0 aliphatic carbocycles. The molecule has 1 aliphatic rings.